The van der Waals surface area contributed by atoms with Crippen LogP contribution >= 0.6 is 0 Å². The minimum Gasteiger partial charge on any atom is -0.502 e. The first kappa shape index (κ1) is 14.0. The van der Waals surface area contributed by atoms with Crippen molar-refractivity contribution in [2.75, 3.05) is 5.32 Å². The van der Waals surface area contributed by atoms with Crippen LogP contribution in [-0.4, -0.2) is 25.5 Å². The van der Waals surface area contributed by atoms with Crippen LogP contribution in [0.1, 0.15) is 11.7 Å². The number of aromatic nitrogens is 2. The Hall–Kier alpha value is -3.62. The van der Waals surface area contributed by atoms with Gasteiger partial charge in [-0.2, -0.15) is 0 Å². The second-order valence-corrected chi connectivity index (χ2v) is 5.31. The van der Waals surface area contributed by atoms with Gasteiger partial charge in [-0.05, 0) is 18.2 Å². The van der Waals surface area contributed by atoms with E-state index in [0.29, 0.717) is 11.5 Å². The molecule has 0 amide bonds. The number of nitrogens with one attached hydrogen (secondary N) is 1. The third-order valence-corrected chi connectivity index (χ3v) is 3.84. The van der Waals surface area contributed by atoms with Gasteiger partial charge >= 0.3 is 5.69 Å². The van der Waals surface area contributed by atoms with Crippen molar-refractivity contribution < 1.29 is 10.0 Å². The maximum Gasteiger partial charge on any atom is 0.311 e. The van der Waals surface area contributed by atoms with Gasteiger partial charge in [0.05, 0.1) is 16.0 Å². The van der Waals surface area contributed by atoms with Gasteiger partial charge < -0.3 is 10.8 Å². The number of nitrogens with zero attached hydrogens (tertiary/aromatic N) is 4. The Kier molecular flexibility index (Phi) is 2.89. The Morgan fingerprint density at radius 3 is 2.88 bits per heavy atom. The normalized spacial score (nSPS) is 16.3. The van der Waals surface area contributed by atoms with E-state index >= 15 is 0 Å². The van der Waals surface area contributed by atoms with Gasteiger partial charge in [0, 0.05) is 11.6 Å². The lowest BCUT2D eigenvalue weighted by Gasteiger charge is -2.23. The van der Waals surface area contributed by atoms with Gasteiger partial charge in [0.2, 0.25) is 5.95 Å². The molecule has 4 N–H and O–H groups in total. The number of imidazole rings is 1. The molecule has 1 aliphatic heterocycles. The molecule has 0 bridgehead atoms. The maximum atomic E-state index is 11.1. The first-order chi connectivity index (χ1) is 11.5. The molecule has 0 radical (unpaired) electrons. The van der Waals surface area contributed by atoms with Crippen molar-refractivity contribution in [3.05, 3.63) is 58.1 Å². The molecule has 0 saturated carbocycles. The minimum atomic E-state index is -0.639. The monoisotopic (exact) mass is 324 g/mol. The molecule has 0 aliphatic carbocycles. The van der Waals surface area contributed by atoms with Crippen molar-refractivity contribution in [3.63, 3.8) is 0 Å². The van der Waals surface area contributed by atoms with Crippen molar-refractivity contribution in [1.82, 2.24) is 9.55 Å². The number of nitro groups is 1. The van der Waals surface area contributed by atoms with Gasteiger partial charge in [-0.1, -0.05) is 18.2 Å². The highest BCUT2D eigenvalue weighted by Crippen LogP contribution is 2.35. The lowest BCUT2D eigenvalue weighted by atomic mass is 10.1. The number of nitro benzene ring substituents is 1. The summed E-state index contributed by atoms with van der Waals surface area (Å²) in [5, 5.41) is 23.6. The van der Waals surface area contributed by atoms with Crippen LogP contribution in [0.5, 0.6) is 5.75 Å². The number of aliphatic imine (C=N–C) groups is 1. The average Bonchev–Trinajstić information content (AvgIpc) is 2.92. The number of phenols is 1. The number of anilines is 1. The van der Waals surface area contributed by atoms with Gasteiger partial charge in [-0.25, -0.2) is 9.98 Å². The molecular weight excluding hydrogens is 312 g/mol. The first-order valence-corrected chi connectivity index (χ1v) is 7.09. The Balaban J connectivity index is 1.94. The molecule has 0 fully saturated rings. The van der Waals surface area contributed by atoms with E-state index in [1.165, 1.54) is 12.1 Å². The fourth-order valence-corrected chi connectivity index (χ4v) is 2.79. The van der Waals surface area contributed by atoms with Crippen LogP contribution in [0.4, 0.5) is 11.6 Å². The second-order valence-electron chi connectivity index (χ2n) is 5.31. The number of phenolic OH excluding ortho intramolecular Hbond substituents is 1. The van der Waals surface area contributed by atoms with Crippen LogP contribution in [0, 0.1) is 10.1 Å². The fourth-order valence-electron chi connectivity index (χ4n) is 2.79. The zero-order chi connectivity index (χ0) is 16.8. The summed E-state index contributed by atoms with van der Waals surface area (Å²) in [6.45, 7) is 0. The van der Waals surface area contributed by atoms with Crippen LogP contribution in [0.25, 0.3) is 11.0 Å². The van der Waals surface area contributed by atoms with E-state index in [9.17, 15) is 15.2 Å². The number of rotatable bonds is 2. The van der Waals surface area contributed by atoms with Crippen LogP contribution in [0.2, 0.25) is 0 Å². The van der Waals surface area contributed by atoms with E-state index in [1.807, 2.05) is 28.8 Å². The van der Waals surface area contributed by atoms with Crippen molar-refractivity contribution in [1.29, 1.82) is 0 Å². The molecule has 1 aliphatic rings. The summed E-state index contributed by atoms with van der Waals surface area (Å²) in [4.78, 5) is 19.3. The molecule has 24 heavy (non-hydrogen) atoms. The summed E-state index contributed by atoms with van der Waals surface area (Å²) < 4.78 is 1.81. The topological polar surface area (TPSA) is 132 Å². The largest absolute Gasteiger partial charge is 0.502 e. The van der Waals surface area contributed by atoms with Crippen LogP contribution in [0.3, 0.4) is 0 Å². The molecule has 0 spiro atoms. The number of fused-ring (bicyclic) bond motifs is 3. The van der Waals surface area contributed by atoms with Crippen molar-refractivity contribution in [2.45, 2.75) is 6.17 Å². The molecule has 120 valence electrons. The molecule has 1 aromatic heterocycles. The third-order valence-electron chi connectivity index (χ3n) is 3.84. The number of aromatic hydroxyl groups is 1. The van der Waals surface area contributed by atoms with Gasteiger partial charge in [0.25, 0.3) is 0 Å². The highest BCUT2D eigenvalue weighted by molar-refractivity contribution is 5.94. The summed E-state index contributed by atoms with van der Waals surface area (Å²) in [6.07, 6.45) is -0.618. The second kappa shape index (κ2) is 4.95. The van der Waals surface area contributed by atoms with Crippen molar-refractivity contribution in [3.8, 4) is 5.75 Å². The Bertz CT molecular complexity index is 1010. The smallest absolute Gasteiger partial charge is 0.311 e. The maximum absolute atomic E-state index is 11.1. The first-order valence-electron chi connectivity index (χ1n) is 7.09. The Morgan fingerprint density at radius 1 is 1.29 bits per heavy atom. The zero-order valence-corrected chi connectivity index (χ0v) is 12.2. The third kappa shape index (κ3) is 2.02. The lowest BCUT2D eigenvalue weighted by molar-refractivity contribution is -0.385. The lowest BCUT2D eigenvalue weighted by Crippen LogP contribution is -2.31. The van der Waals surface area contributed by atoms with Gasteiger partial charge in [0.15, 0.2) is 17.9 Å². The Labute approximate surface area is 135 Å². The molecule has 2 aromatic carbocycles. The van der Waals surface area contributed by atoms with E-state index in [1.54, 1.807) is 6.07 Å². The van der Waals surface area contributed by atoms with E-state index in [2.05, 4.69) is 15.3 Å². The number of para-hydroxylation sites is 2. The van der Waals surface area contributed by atoms with E-state index in [-0.39, 0.29) is 11.6 Å². The van der Waals surface area contributed by atoms with Crippen molar-refractivity contribution in [2.24, 2.45) is 10.7 Å². The van der Waals surface area contributed by atoms with Gasteiger partial charge in [-0.15, -0.1) is 0 Å². The quantitative estimate of drug-likeness (QED) is 0.487. The molecule has 2 heterocycles. The van der Waals surface area contributed by atoms with Crippen LogP contribution in [0.15, 0.2) is 47.5 Å². The zero-order valence-electron chi connectivity index (χ0n) is 12.2. The van der Waals surface area contributed by atoms with E-state index in [4.69, 9.17) is 5.73 Å². The minimum absolute atomic E-state index is 0.165. The summed E-state index contributed by atoms with van der Waals surface area (Å²) in [5.41, 5.74) is 7.54. The van der Waals surface area contributed by atoms with E-state index < -0.39 is 16.8 Å². The molecule has 9 nitrogen and oxygen atoms in total. The number of hydrogen-bond acceptors (Lipinski definition) is 7. The number of hydrogen-bond donors (Lipinski definition) is 3. The molecule has 9 heteroatoms. The number of benzene rings is 2. The predicted molar refractivity (Wildman–Crippen MR) is 87.9 cm³/mol. The summed E-state index contributed by atoms with van der Waals surface area (Å²) in [7, 11) is 0. The summed E-state index contributed by atoms with van der Waals surface area (Å²) in [5.74, 6) is 0.272. The highest BCUT2D eigenvalue weighted by atomic mass is 16.6. The summed E-state index contributed by atoms with van der Waals surface area (Å²) in [6, 6.07) is 11.6. The van der Waals surface area contributed by atoms with Crippen molar-refractivity contribution >= 4 is 28.6 Å². The molecule has 3 aromatic rings. The van der Waals surface area contributed by atoms with Crippen LogP contribution < -0.4 is 11.1 Å². The average molecular weight is 324 g/mol. The number of nitrogens with two attached hydrogens (primary N) is 1. The molecule has 1 atom stereocenters. The summed E-state index contributed by atoms with van der Waals surface area (Å²) >= 11 is 0. The Morgan fingerprint density at radius 2 is 2.08 bits per heavy atom. The molecular formula is C15H12N6O3. The molecule has 0 unspecified atom stereocenters. The predicted octanol–water partition coefficient (Wildman–Crippen LogP) is 1.94. The molecule has 4 rings (SSSR count). The van der Waals surface area contributed by atoms with E-state index in [0.717, 1.165) is 11.0 Å². The molecule has 0 saturated heterocycles. The SMILES string of the molecule is NC1=N[C@H](c2ccc(O)c([N+](=O)[O-])c2)n2c(nc3ccccc32)N1. The fraction of sp³-hybridized carbons (Fsp3) is 0.0667. The number of guanidine groups is 1. The van der Waals surface area contributed by atoms with Crippen LogP contribution in [-0.2, 0) is 0 Å². The van der Waals surface area contributed by atoms with Gasteiger partial charge in [0.1, 0.15) is 0 Å². The van der Waals surface area contributed by atoms with Gasteiger partial charge in [-0.3, -0.25) is 20.0 Å². The highest BCUT2D eigenvalue weighted by Gasteiger charge is 2.27. The standard InChI is InChI=1S/C15H12N6O3/c16-14-18-13(8-5-6-12(22)11(7-8)21(23)24)20-10-4-2-1-3-9(10)17-15(20)19-14/h1-7,13,22H,(H3,16,17,18,19)/t13-/m0/s1.